The van der Waals surface area contributed by atoms with Crippen LogP contribution in [0.1, 0.15) is 15.9 Å². The number of carbonyl (C=O) groups excluding carboxylic acids is 1. The van der Waals surface area contributed by atoms with Gasteiger partial charge in [-0.3, -0.25) is 10.1 Å². The summed E-state index contributed by atoms with van der Waals surface area (Å²) in [6, 6.07) is 19.9. The Morgan fingerprint density at radius 3 is 2.59 bits per heavy atom. The molecule has 4 rings (SSSR count). The van der Waals surface area contributed by atoms with Crippen LogP contribution in [0.3, 0.4) is 0 Å². The third kappa shape index (κ3) is 4.29. The summed E-state index contributed by atoms with van der Waals surface area (Å²) >= 11 is 11.2. The number of nitrogens with zero attached hydrogens (tertiary/aromatic N) is 1. The number of nitrogens with one attached hydrogen (secondary N) is 2. The van der Waals surface area contributed by atoms with Crippen LogP contribution in [0.15, 0.2) is 71.1 Å². The van der Waals surface area contributed by atoms with E-state index in [9.17, 15) is 4.79 Å². The first-order valence-corrected chi connectivity index (χ1v) is 9.63. The van der Waals surface area contributed by atoms with Gasteiger partial charge in [0.1, 0.15) is 5.52 Å². The zero-order valence-corrected chi connectivity index (χ0v) is 17.0. The van der Waals surface area contributed by atoms with Gasteiger partial charge in [0.2, 0.25) is 5.89 Å². The Morgan fingerprint density at radius 2 is 1.83 bits per heavy atom. The second-order valence-electron chi connectivity index (χ2n) is 6.43. The maximum absolute atomic E-state index is 12.3. The summed E-state index contributed by atoms with van der Waals surface area (Å²) in [5, 5.41) is 6.50. The fraction of sp³-hybridized carbons (Fsp3) is 0.0455. The number of hydrogen-bond donors (Lipinski definition) is 2. The smallest absolute Gasteiger partial charge is 0.257 e. The van der Waals surface area contributed by atoms with E-state index in [4.69, 9.17) is 28.2 Å². The van der Waals surface area contributed by atoms with Gasteiger partial charge >= 0.3 is 0 Å². The van der Waals surface area contributed by atoms with Crippen molar-refractivity contribution in [3.05, 3.63) is 82.9 Å². The van der Waals surface area contributed by atoms with Crippen molar-refractivity contribution in [2.24, 2.45) is 0 Å². The molecule has 29 heavy (non-hydrogen) atoms. The number of carbonyl (C=O) groups is 1. The molecule has 7 heteroatoms. The van der Waals surface area contributed by atoms with E-state index in [1.165, 1.54) is 0 Å². The number of amides is 1. The van der Waals surface area contributed by atoms with Crippen molar-refractivity contribution < 1.29 is 9.21 Å². The van der Waals surface area contributed by atoms with E-state index in [1.807, 2.05) is 49.4 Å². The zero-order chi connectivity index (χ0) is 20.4. The van der Waals surface area contributed by atoms with Crippen LogP contribution in [0.5, 0.6) is 0 Å². The van der Waals surface area contributed by atoms with Crippen LogP contribution in [0.25, 0.3) is 22.6 Å². The number of oxazole rings is 1. The predicted molar refractivity (Wildman–Crippen MR) is 119 cm³/mol. The lowest BCUT2D eigenvalue weighted by molar-refractivity contribution is 0.0977. The van der Waals surface area contributed by atoms with E-state index < -0.39 is 0 Å². The third-order valence-corrected chi connectivity index (χ3v) is 4.82. The quantitative estimate of drug-likeness (QED) is 0.422. The van der Waals surface area contributed by atoms with Crippen molar-refractivity contribution in [1.82, 2.24) is 10.3 Å². The summed E-state index contributed by atoms with van der Waals surface area (Å²) in [7, 11) is 0. The highest BCUT2D eigenvalue weighted by Crippen LogP contribution is 2.27. The lowest BCUT2D eigenvalue weighted by Crippen LogP contribution is -2.34. The maximum atomic E-state index is 12.3. The molecule has 0 atom stereocenters. The van der Waals surface area contributed by atoms with Gasteiger partial charge in [-0.1, -0.05) is 29.8 Å². The molecule has 0 bridgehead atoms. The van der Waals surface area contributed by atoms with E-state index in [0.29, 0.717) is 16.5 Å². The highest BCUT2D eigenvalue weighted by atomic mass is 35.5. The van der Waals surface area contributed by atoms with Crippen molar-refractivity contribution in [3.8, 4) is 11.5 Å². The number of para-hydroxylation sites is 2. The fourth-order valence-electron chi connectivity index (χ4n) is 2.82. The number of halogens is 1. The maximum Gasteiger partial charge on any atom is 0.257 e. The number of rotatable bonds is 3. The average molecular weight is 422 g/mol. The van der Waals surface area contributed by atoms with Crippen LogP contribution in [0, 0.1) is 6.92 Å². The standard InChI is InChI=1S/C22H16ClN3O2S/c1-13-6-7-15(21-24-17-4-2-3-5-19(17)28-21)12-18(13)25-22(29)26-20(27)14-8-10-16(23)11-9-14/h2-12H,1H3,(H2,25,26,27,29). The first-order chi connectivity index (χ1) is 14.0. The number of aromatic nitrogens is 1. The van der Waals surface area contributed by atoms with Crippen molar-refractivity contribution >= 4 is 51.6 Å². The molecular formula is C22H16ClN3O2S. The molecule has 0 saturated heterocycles. The number of anilines is 1. The molecule has 144 valence electrons. The molecule has 1 heterocycles. The van der Waals surface area contributed by atoms with E-state index in [-0.39, 0.29) is 11.0 Å². The highest BCUT2D eigenvalue weighted by Gasteiger charge is 2.12. The number of thiocarbonyl (C=S) groups is 1. The van der Waals surface area contributed by atoms with Crippen LogP contribution in [-0.4, -0.2) is 16.0 Å². The summed E-state index contributed by atoms with van der Waals surface area (Å²) in [5.41, 5.74) is 4.52. The molecule has 5 nitrogen and oxygen atoms in total. The Morgan fingerprint density at radius 1 is 1.07 bits per heavy atom. The molecule has 1 aromatic heterocycles. The molecule has 1 amide bonds. The van der Waals surface area contributed by atoms with Crippen LogP contribution in [-0.2, 0) is 0 Å². The minimum atomic E-state index is -0.313. The van der Waals surface area contributed by atoms with Crippen molar-refractivity contribution in [3.63, 3.8) is 0 Å². The van der Waals surface area contributed by atoms with Crippen LogP contribution in [0.4, 0.5) is 5.69 Å². The second kappa shape index (κ2) is 8.03. The van der Waals surface area contributed by atoms with Gasteiger partial charge in [0.15, 0.2) is 10.7 Å². The third-order valence-electron chi connectivity index (χ3n) is 4.36. The van der Waals surface area contributed by atoms with E-state index in [1.54, 1.807) is 24.3 Å². The predicted octanol–water partition coefficient (Wildman–Crippen LogP) is 5.58. The Labute approximate surface area is 177 Å². The molecule has 0 aliphatic rings. The molecule has 0 radical (unpaired) electrons. The normalized spacial score (nSPS) is 10.7. The number of aryl methyl sites for hydroxylation is 1. The lowest BCUT2D eigenvalue weighted by Gasteiger charge is -2.12. The molecule has 0 aliphatic carbocycles. The summed E-state index contributed by atoms with van der Waals surface area (Å²) in [6.45, 7) is 1.95. The lowest BCUT2D eigenvalue weighted by atomic mass is 10.1. The van der Waals surface area contributed by atoms with Crippen LogP contribution >= 0.6 is 23.8 Å². The average Bonchev–Trinajstić information content (AvgIpc) is 3.14. The molecule has 0 fully saturated rings. The highest BCUT2D eigenvalue weighted by molar-refractivity contribution is 7.80. The Hall–Kier alpha value is -3.22. The molecule has 0 saturated carbocycles. The summed E-state index contributed by atoms with van der Waals surface area (Å²) < 4.78 is 5.83. The van der Waals surface area contributed by atoms with Gasteiger partial charge in [-0.2, -0.15) is 0 Å². The minimum absolute atomic E-state index is 0.197. The summed E-state index contributed by atoms with van der Waals surface area (Å²) in [4.78, 5) is 16.8. The number of fused-ring (bicyclic) bond motifs is 1. The Kier molecular flexibility index (Phi) is 5.29. The first kappa shape index (κ1) is 19.1. The molecule has 0 aliphatic heterocycles. The molecule has 0 unspecified atom stereocenters. The van der Waals surface area contributed by atoms with Gasteiger partial charge in [0.25, 0.3) is 5.91 Å². The van der Waals surface area contributed by atoms with E-state index in [2.05, 4.69) is 15.6 Å². The molecule has 2 N–H and O–H groups in total. The SMILES string of the molecule is Cc1ccc(-c2nc3ccccc3o2)cc1NC(=S)NC(=O)c1ccc(Cl)cc1. The van der Waals surface area contributed by atoms with Crippen LogP contribution in [0.2, 0.25) is 5.02 Å². The molecule has 3 aromatic carbocycles. The van der Waals surface area contributed by atoms with E-state index in [0.717, 1.165) is 27.9 Å². The van der Waals surface area contributed by atoms with Gasteiger partial charge in [0.05, 0.1) is 0 Å². The van der Waals surface area contributed by atoms with E-state index >= 15 is 0 Å². The topological polar surface area (TPSA) is 67.2 Å². The number of benzene rings is 3. The zero-order valence-electron chi connectivity index (χ0n) is 15.4. The summed E-state index contributed by atoms with van der Waals surface area (Å²) in [6.07, 6.45) is 0. The Bertz CT molecular complexity index is 1190. The van der Waals surface area contributed by atoms with Gasteiger partial charge in [-0.25, -0.2) is 4.98 Å². The van der Waals surface area contributed by atoms with Crippen molar-refractivity contribution in [2.45, 2.75) is 6.92 Å². The van der Waals surface area contributed by atoms with Gasteiger partial charge in [0, 0.05) is 21.8 Å². The monoisotopic (exact) mass is 421 g/mol. The largest absolute Gasteiger partial charge is 0.436 e. The van der Waals surface area contributed by atoms with Gasteiger partial charge in [-0.15, -0.1) is 0 Å². The molecule has 0 spiro atoms. The molecular weight excluding hydrogens is 406 g/mol. The van der Waals surface area contributed by atoms with Crippen LogP contribution < -0.4 is 10.6 Å². The van der Waals surface area contributed by atoms with Gasteiger partial charge in [-0.05, 0) is 73.2 Å². The minimum Gasteiger partial charge on any atom is -0.436 e. The van der Waals surface area contributed by atoms with Crippen molar-refractivity contribution in [2.75, 3.05) is 5.32 Å². The van der Waals surface area contributed by atoms with Gasteiger partial charge < -0.3 is 9.73 Å². The number of hydrogen-bond acceptors (Lipinski definition) is 4. The Balaban J connectivity index is 1.52. The summed E-state index contributed by atoms with van der Waals surface area (Å²) in [5.74, 6) is 0.206. The fourth-order valence-corrected chi connectivity index (χ4v) is 3.14. The second-order valence-corrected chi connectivity index (χ2v) is 7.28. The van der Waals surface area contributed by atoms with Crippen molar-refractivity contribution in [1.29, 1.82) is 0 Å². The first-order valence-electron chi connectivity index (χ1n) is 8.84. The molecule has 4 aromatic rings.